The maximum absolute atomic E-state index is 11.4. The van der Waals surface area contributed by atoms with Gasteiger partial charge in [-0.05, 0) is 13.0 Å². The molecule has 0 radical (unpaired) electrons. The van der Waals surface area contributed by atoms with Gasteiger partial charge in [-0.1, -0.05) is 0 Å². The molecule has 0 bridgehead atoms. The minimum absolute atomic E-state index is 0.137. The maximum atomic E-state index is 11.4. The molecule has 0 aromatic rings. The highest BCUT2D eigenvalue weighted by atomic mass is 32.2. The van der Waals surface area contributed by atoms with Crippen molar-refractivity contribution in [3.63, 3.8) is 0 Å². The van der Waals surface area contributed by atoms with Crippen molar-refractivity contribution in [3.05, 3.63) is 0 Å². The Bertz CT molecular complexity index is 171. The molecule has 1 saturated heterocycles. The Balaban J connectivity index is 2.06. The van der Waals surface area contributed by atoms with E-state index in [2.05, 4.69) is 10.6 Å². The molecular formula is C9H19N3OS. The number of hydrogen-bond donors (Lipinski definition) is 3. The molecule has 1 aliphatic rings. The van der Waals surface area contributed by atoms with Crippen LogP contribution in [0.3, 0.4) is 0 Å². The highest BCUT2D eigenvalue weighted by Crippen LogP contribution is 2.09. The molecule has 82 valence electrons. The van der Waals surface area contributed by atoms with Crippen LogP contribution in [0.15, 0.2) is 0 Å². The zero-order valence-corrected chi connectivity index (χ0v) is 9.24. The molecule has 1 aliphatic heterocycles. The smallest absolute Gasteiger partial charge is 0.221 e. The summed E-state index contributed by atoms with van der Waals surface area (Å²) >= 11 is 1.91. The second kappa shape index (κ2) is 7.09. The number of carbonyl (C=O) groups excluding carboxylic acids is 1. The summed E-state index contributed by atoms with van der Waals surface area (Å²) in [5, 5.41) is 6.20. The lowest BCUT2D eigenvalue weighted by molar-refractivity contribution is -0.121. The van der Waals surface area contributed by atoms with E-state index in [-0.39, 0.29) is 5.91 Å². The van der Waals surface area contributed by atoms with Gasteiger partial charge in [0.2, 0.25) is 5.91 Å². The van der Waals surface area contributed by atoms with Gasteiger partial charge in [-0.2, -0.15) is 11.8 Å². The van der Waals surface area contributed by atoms with Crippen molar-refractivity contribution >= 4 is 17.7 Å². The summed E-state index contributed by atoms with van der Waals surface area (Å²) in [5.41, 5.74) is 5.33. The Hall–Kier alpha value is -0.260. The molecule has 4 N–H and O–H groups in total. The number of rotatable bonds is 5. The molecule has 14 heavy (non-hydrogen) atoms. The average Bonchev–Trinajstić information content (AvgIpc) is 2.20. The molecule has 0 aliphatic carbocycles. The summed E-state index contributed by atoms with van der Waals surface area (Å²) in [6.45, 7) is 2.36. The van der Waals surface area contributed by atoms with Crippen LogP contribution < -0.4 is 16.4 Å². The highest BCUT2D eigenvalue weighted by Gasteiger charge is 2.15. The maximum Gasteiger partial charge on any atom is 0.221 e. The third-order valence-electron chi connectivity index (χ3n) is 2.13. The number of thioether (sulfide) groups is 1. The third kappa shape index (κ3) is 4.83. The fourth-order valence-corrected chi connectivity index (χ4v) is 2.33. The van der Waals surface area contributed by atoms with Gasteiger partial charge < -0.3 is 16.4 Å². The van der Waals surface area contributed by atoms with Crippen LogP contribution in [0.4, 0.5) is 0 Å². The molecule has 0 aromatic carbocycles. The lowest BCUT2D eigenvalue weighted by Crippen LogP contribution is -2.41. The van der Waals surface area contributed by atoms with Gasteiger partial charge in [-0.15, -0.1) is 0 Å². The standard InChI is InChI=1S/C9H19N3OS/c10-2-1-3-12-9(13)6-8-7-14-5-4-11-8/h8,11H,1-7,10H2,(H,12,13). The van der Waals surface area contributed by atoms with Gasteiger partial charge in [0.15, 0.2) is 0 Å². The lowest BCUT2D eigenvalue weighted by atomic mass is 10.2. The van der Waals surface area contributed by atoms with E-state index < -0.39 is 0 Å². The largest absolute Gasteiger partial charge is 0.356 e. The zero-order chi connectivity index (χ0) is 10.2. The molecule has 0 aromatic heterocycles. The van der Waals surface area contributed by atoms with Crippen molar-refractivity contribution < 1.29 is 4.79 Å². The van der Waals surface area contributed by atoms with Crippen LogP contribution in [-0.2, 0) is 4.79 Å². The van der Waals surface area contributed by atoms with Crippen LogP contribution in [0.2, 0.25) is 0 Å². The fraction of sp³-hybridized carbons (Fsp3) is 0.889. The molecule has 1 atom stereocenters. The molecule has 1 unspecified atom stereocenters. The topological polar surface area (TPSA) is 67.1 Å². The van der Waals surface area contributed by atoms with E-state index in [0.29, 0.717) is 25.6 Å². The summed E-state index contributed by atoms with van der Waals surface area (Å²) in [4.78, 5) is 11.4. The van der Waals surface area contributed by atoms with Crippen LogP contribution >= 0.6 is 11.8 Å². The lowest BCUT2D eigenvalue weighted by Gasteiger charge is -2.22. The van der Waals surface area contributed by atoms with E-state index >= 15 is 0 Å². The van der Waals surface area contributed by atoms with Gasteiger partial charge in [0.05, 0.1) is 0 Å². The molecule has 5 heteroatoms. The minimum atomic E-state index is 0.137. The first kappa shape index (κ1) is 11.8. The first-order valence-corrected chi connectivity index (χ1v) is 6.26. The molecular weight excluding hydrogens is 198 g/mol. The van der Waals surface area contributed by atoms with Crippen LogP contribution in [0, 0.1) is 0 Å². The molecule has 0 spiro atoms. The van der Waals surface area contributed by atoms with Gasteiger partial charge in [0.1, 0.15) is 0 Å². The molecule has 1 rings (SSSR count). The van der Waals surface area contributed by atoms with Crippen molar-refractivity contribution in [2.24, 2.45) is 5.73 Å². The number of hydrogen-bond acceptors (Lipinski definition) is 4. The monoisotopic (exact) mass is 217 g/mol. The summed E-state index contributed by atoms with van der Waals surface area (Å²) in [5.74, 6) is 2.34. The second-order valence-corrected chi connectivity index (χ2v) is 4.57. The Morgan fingerprint density at radius 1 is 1.64 bits per heavy atom. The summed E-state index contributed by atoms with van der Waals surface area (Å²) in [6, 6.07) is 0.353. The minimum Gasteiger partial charge on any atom is -0.356 e. The Morgan fingerprint density at radius 2 is 2.50 bits per heavy atom. The highest BCUT2D eigenvalue weighted by molar-refractivity contribution is 7.99. The number of nitrogens with one attached hydrogen (secondary N) is 2. The van der Waals surface area contributed by atoms with E-state index in [9.17, 15) is 4.79 Å². The van der Waals surface area contributed by atoms with Crippen LogP contribution in [-0.4, -0.2) is 43.1 Å². The molecule has 1 amide bonds. The Labute approximate surface area is 89.4 Å². The Kier molecular flexibility index (Phi) is 5.98. The van der Waals surface area contributed by atoms with Crippen molar-refractivity contribution in [2.75, 3.05) is 31.1 Å². The van der Waals surface area contributed by atoms with Gasteiger partial charge >= 0.3 is 0 Å². The molecule has 0 saturated carbocycles. The van der Waals surface area contributed by atoms with E-state index in [1.54, 1.807) is 0 Å². The normalized spacial score (nSPS) is 21.9. The quantitative estimate of drug-likeness (QED) is 0.546. The fourth-order valence-electron chi connectivity index (χ4n) is 1.38. The van der Waals surface area contributed by atoms with E-state index in [1.807, 2.05) is 11.8 Å². The van der Waals surface area contributed by atoms with E-state index in [1.165, 1.54) is 0 Å². The van der Waals surface area contributed by atoms with Crippen molar-refractivity contribution in [1.29, 1.82) is 0 Å². The van der Waals surface area contributed by atoms with Gasteiger partial charge in [-0.3, -0.25) is 4.79 Å². The first-order valence-electron chi connectivity index (χ1n) is 5.11. The predicted molar refractivity (Wildman–Crippen MR) is 60.4 cm³/mol. The van der Waals surface area contributed by atoms with Crippen LogP contribution in [0.1, 0.15) is 12.8 Å². The van der Waals surface area contributed by atoms with Gasteiger partial charge in [-0.25, -0.2) is 0 Å². The average molecular weight is 217 g/mol. The van der Waals surface area contributed by atoms with E-state index in [4.69, 9.17) is 5.73 Å². The number of amides is 1. The predicted octanol–water partition coefficient (Wildman–Crippen LogP) is -0.453. The zero-order valence-electron chi connectivity index (χ0n) is 8.42. The van der Waals surface area contributed by atoms with Crippen molar-refractivity contribution in [1.82, 2.24) is 10.6 Å². The summed E-state index contributed by atoms with van der Waals surface area (Å²) < 4.78 is 0. The van der Waals surface area contributed by atoms with E-state index in [0.717, 1.165) is 24.5 Å². The van der Waals surface area contributed by atoms with Crippen molar-refractivity contribution in [2.45, 2.75) is 18.9 Å². The summed E-state index contributed by atoms with van der Waals surface area (Å²) in [6.07, 6.45) is 1.45. The van der Waals surface area contributed by atoms with Gasteiger partial charge in [0.25, 0.3) is 0 Å². The number of nitrogens with two attached hydrogens (primary N) is 1. The third-order valence-corrected chi connectivity index (χ3v) is 3.26. The van der Waals surface area contributed by atoms with Crippen LogP contribution in [0.25, 0.3) is 0 Å². The second-order valence-electron chi connectivity index (χ2n) is 3.42. The molecule has 4 nitrogen and oxygen atoms in total. The summed E-state index contributed by atoms with van der Waals surface area (Å²) in [7, 11) is 0. The van der Waals surface area contributed by atoms with Crippen molar-refractivity contribution in [3.8, 4) is 0 Å². The first-order chi connectivity index (χ1) is 6.83. The molecule has 1 heterocycles. The number of carbonyl (C=O) groups is 1. The molecule has 1 fully saturated rings. The van der Waals surface area contributed by atoms with Gasteiger partial charge in [0, 0.05) is 37.1 Å². The Morgan fingerprint density at radius 3 is 3.14 bits per heavy atom. The SMILES string of the molecule is NCCCNC(=O)CC1CSCCN1. The van der Waals surface area contributed by atoms with Crippen LogP contribution in [0.5, 0.6) is 0 Å².